The van der Waals surface area contributed by atoms with Crippen molar-refractivity contribution in [2.24, 2.45) is 5.92 Å². The lowest BCUT2D eigenvalue weighted by atomic mass is 10.0. The first-order chi connectivity index (χ1) is 13.7. The number of rotatable bonds is 6. The predicted molar refractivity (Wildman–Crippen MR) is 107 cm³/mol. The molecule has 1 aromatic carbocycles. The van der Waals surface area contributed by atoms with E-state index in [4.69, 9.17) is 4.74 Å². The minimum absolute atomic E-state index is 0.290. The molecule has 1 aliphatic carbocycles. The SMILES string of the molecule is CCOC(=O)c1nn(CC2CC2)c2c1CN(Cc1c[nH]c3ccccc13)CC2. The molecule has 0 amide bonds. The van der Waals surface area contributed by atoms with Crippen molar-refractivity contribution in [3.8, 4) is 0 Å². The Morgan fingerprint density at radius 1 is 1.32 bits per heavy atom. The third-order valence-electron chi connectivity index (χ3n) is 5.88. The predicted octanol–water partition coefficient (Wildman–Crippen LogP) is 3.51. The molecular weight excluding hydrogens is 352 g/mol. The van der Waals surface area contributed by atoms with E-state index >= 15 is 0 Å². The summed E-state index contributed by atoms with van der Waals surface area (Å²) in [7, 11) is 0. The number of carbonyl (C=O) groups excluding carboxylic acids is 1. The number of benzene rings is 1. The molecule has 0 saturated heterocycles. The Bertz CT molecular complexity index is 1010. The van der Waals surface area contributed by atoms with Gasteiger partial charge >= 0.3 is 5.97 Å². The summed E-state index contributed by atoms with van der Waals surface area (Å²) < 4.78 is 7.37. The third-order valence-corrected chi connectivity index (χ3v) is 5.88. The zero-order chi connectivity index (χ0) is 19.1. The molecule has 146 valence electrons. The number of fused-ring (bicyclic) bond motifs is 2. The van der Waals surface area contributed by atoms with Crippen LogP contribution in [0.3, 0.4) is 0 Å². The van der Waals surface area contributed by atoms with Gasteiger partial charge in [-0.2, -0.15) is 5.10 Å². The average Bonchev–Trinajstić information content (AvgIpc) is 3.33. The number of hydrogen-bond donors (Lipinski definition) is 1. The zero-order valence-electron chi connectivity index (χ0n) is 16.3. The first-order valence-electron chi connectivity index (χ1n) is 10.3. The summed E-state index contributed by atoms with van der Waals surface area (Å²) in [5.74, 6) is 0.436. The molecule has 1 aliphatic heterocycles. The molecule has 6 nitrogen and oxygen atoms in total. The quantitative estimate of drug-likeness (QED) is 0.667. The molecule has 0 spiro atoms. The van der Waals surface area contributed by atoms with Crippen LogP contribution in [-0.2, 0) is 30.8 Å². The van der Waals surface area contributed by atoms with E-state index in [1.54, 1.807) is 0 Å². The number of esters is 1. The second-order valence-electron chi connectivity index (χ2n) is 7.94. The normalized spacial score (nSPS) is 17.0. The van der Waals surface area contributed by atoms with Crippen molar-refractivity contribution < 1.29 is 9.53 Å². The maximum Gasteiger partial charge on any atom is 0.359 e. The van der Waals surface area contributed by atoms with Gasteiger partial charge in [-0.05, 0) is 37.3 Å². The first-order valence-corrected chi connectivity index (χ1v) is 10.3. The van der Waals surface area contributed by atoms with Crippen molar-refractivity contribution in [2.75, 3.05) is 13.2 Å². The van der Waals surface area contributed by atoms with Gasteiger partial charge in [-0.3, -0.25) is 9.58 Å². The Labute approximate surface area is 164 Å². The van der Waals surface area contributed by atoms with E-state index < -0.39 is 0 Å². The van der Waals surface area contributed by atoms with Gasteiger partial charge in [0.1, 0.15) is 0 Å². The highest BCUT2D eigenvalue weighted by atomic mass is 16.5. The van der Waals surface area contributed by atoms with Crippen LogP contribution in [0.4, 0.5) is 0 Å². The van der Waals surface area contributed by atoms with E-state index in [2.05, 4.69) is 50.1 Å². The molecule has 0 unspecified atom stereocenters. The number of ether oxygens (including phenoxy) is 1. The number of aromatic amines is 1. The number of nitrogens with zero attached hydrogens (tertiary/aromatic N) is 3. The Hall–Kier alpha value is -2.60. The molecule has 1 saturated carbocycles. The van der Waals surface area contributed by atoms with Gasteiger partial charge in [0.2, 0.25) is 0 Å². The number of nitrogens with one attached hydrogen (secondary N) is 1. The monoisotopic (exact) mass is 378 g/mol. The van der Waals surface area contributed by atoms with Crippen molar-refractivity contribution in [2.45, 2.75) is 45.8 Å². The summed E-state index contributed by atoms with van der Waals surface area (Å²) in [5.41, 5.74) is 5.26. The van der Waals surface area contributed by atoms with Crippen LogP contribution in [-0.4, -0.2) is 38.8 Å². The number of hydrogen-bond acceptors (Lipinski definition) is 4. The molecule has 0 bridgehead atoms. The highest BCUT2D eigenvalue weighted by molar-refractivity contribution is 5.89. The van der Waals surface area contributed by atoms with Crippen molar-refractivity contribution in [1.29, 1.82) is 0 Å². The summed E-state index contributed by atoms with van der Waals surface area (Å²) in [6.07, 6.45) is 5.58. The number of para-hydroxylation sites is 1. The van der Waals surface area contributed by atoms with Crippen LogP contribution in [0.1, 0.15) is 47.1 Å². The molecule has 3 aromatic rings. The van der Waals surface area contributed by atoms with Crippen molar-refractivity contribution >= 4 is 16.9 Å². The Balaban J connectivity index is 1.41. The molecule has 3 heterocycles. The lowest BCUT2D eigenvalue weighted by molar-refractivity contribution is 0.0515. The Morgan fingerprint density at radius 3 is 3.00 bits per heavy atom. The summed E-state index contributed by atoms with van der Waals surface area (Å²) in [4.78, 5) is 18.3. The Morgan fingerprint density at radius 2 is 2.18 bits per heavy atom. The fourth-order valence-electron chi connectivity index (χ4n) is 4.24. The smallest absolute Gasteiger partial charge is 0.359 e. The zero-order valence-corrected chi connectivity index (χ0v) is 16.3. The molecule has 28 heavy (non-hydrogen) atoms. The van der Waals surface area contributed by atoms with Gasteiger partial charge in [-0.1, -0.05) is 18.2 Å². The second-order valence-corrected chi connectivity index (χ2v) is 7.94. The van der Waals surface area contributed by atoms with Gasteiger partial charge < -0.3 is 9.72 Å². The second kappa shape index (κ2) is 7.09. The van der Waals surface area contributed by atoms with Crippen LogP contribution < -0.4 is 0 Å². The highest BCUT2D eigenvalue weighted by Crippen LogP contribution is 2.33. The highest BCUT2D eigenvalue weighted by Gasteiger charge is 2.31. The van der Waals surface area contributed by atoms with Gasteiger partial charge in [0.05, 0.1) is 6.61 Å². The van der Waals surface area contributed by atoms with Gasteiger partial charge in [0, 0.05) is 61.0 Å². The van der Waals surface area contributed by atoms with Crippen LogP contribution in [0.15, 0.2) is 30.5 Å². The molecule has 6 heteroatoms. The van der Waals surface area contributed by atoms with Crippen LogP contribution >= 0.6 is 0 Å². The summed E-state index contributed by atoms with van der Waals surface area (Å²) in [6.45, 7) is 5.74. The third kappa shape index (κ3) is 3.22. The van der Waals surface area contributed by atoms with E-state index in [1.165, 1.54) is 35.0 Å². The fraction of sp³-hybridized carbons (Fsp3) is 0.455. The maximum atomic E-state index is 12.5. The van der Waals surface area contributed by atoms with E-state index in [9.17, 15) is 4.79 Å². The van der Waals surface area contributed by atoms with E-state index in [1.807, 2.05) is 6.92 Å². The van der Waals surface area contributed by atoms with Crippen LogP contribution in [0.2, 0.25) is 0 Å². The van der Waals surface area contributed by atoms with Crippen LogP contribution in [0.5, 0.6) is 0 Å². The lowest BCUT2D eigenvalue weighted by Crippen LogP contribution is -2.31. The maximum absolute atomic E-state index is 12.5. The van der Waals surface area contributed by atoms with Crippen molar-refractivity contribution in [3.05, 3.63) is 53.0 Å². The molecule has 1 fully saturated rings. The van der Waals surface area contributed by atoms with Gasteiger partial charge in [-0.15, -0.1) is 0 Å². The van der Waals surface area contributed by atoms with Crippen molar-refractivity contribution in [1.82, 2.24) is 19.7 Å². The van der Waals surface area contributed by atoms with E-state index in [0.717, 1.165) is 44.1 Å². The van der Waals surface area contributed by atoms with Gasteiger partial charge in [-0.25, -0.2) is 4.79 Å². The standard InChI is InChI=1S/C22H26N4O2/c1-2-28-22(27)21-18-14-25(10-9-20(18)26(24-21)12-15-7-8-15)13-16-11-23-19-6-4-3-5-17(16)19/h3-6,11,15,23H,2,7-10,12-14H2,1H3. The van der Waals surface area contributed by atoms with E-state index in [-0.39, 0.29) is 5.97 Å². The number of aromatic nitrogens is 3. The number of H-pyrrole nitrogens is 1. The molecule has 0 atom stereocenters. The minimum atomic E-state index is -0.290. The Kier molecular flexibility index (Phi) is 4.43. The largest absolute Gasteiger partial charge is 0.461 e. The van der Waals surface area contributed by atoms with E-state index in [0.29, 0.717) is 12.3 Å². The molecule has 1 N–H and O–H groups in total. The molecular formula is C22H26N4O2. The first kappa shape index (κ1) is 17.5. The molecule has 0 radical (unpaired) electrons. The number of carbonyl (C=O) groups is 1. The molecule has 5 rings (SSSR count). The summed E-state index contributed by atoms with van der Waals surface area (Å²) >= 11 is 0. The summed E-state index contributed by atoms with van der Waals surface area (Å²) in [5, 5.41) is 5.95. The van der Waals surface area contributed by atoms with Crippen LogP contribution in [0.25, 0.3) is 10.9 Å². The minimum Gasteiger partial charge on any atom is -0.461 e. The average molecular weight is 378 g/mol. The molecule has 2 aromatic heterocycles. The van der Waals surface area contributed by atoms with Gasteiger partial charge in [0.25, 0.3) is 0 Å². The summed E-state index contributed by atoms with van der Waals surface area (Å²) in [6, 6.07) is 8.40. The topological polar surface area (TPSA) is 63.1 Å². The fourth-order valence-corrected chi connectivity index (χ4v) is 4.24. The molecule has 2 aliphatic rings. The van der Waals surface area contributed by atoms with Gasteiger partial charge in [0.15, 0.2) is 5.69 Å². The lowest BCUT2D eigenvalue weighted by Gasteiger charge is -2.27. The van der Waals surface area contributed by atoms with Crippen LogP contribution in [0, 0.1) is 5.92 Å². The van der Waals surface area contributed by atoms with Crippen molar-refractivity contribution in [3.63, 3.8) is 0 Å².